The molecule has 1 N–H and O–H groups in total. The van der Waals surface area contributed by atoms with Crippen molar-refractivity contribution in [1.82, 2.24) is 9.97 Å². The number of benzene rings is 2. The molecule has 3 aromatic rings. The number of alkyl halides is 3. The van der Waals surface area contributed by atoms with Crippen molar-refractivity contribution in [2.45, 2.75) is 25.9 Å². The summed E-state index contributed by atoms with van der Waals surface area (Å²) < 4.78 is 45.5. The Hall–Kier alpha value is -2.31. The standard InChI is InChI=1S/C22H21F3N2O.ClH/c1-14-12-16(17-4-2-3-5-18(17)22(23,24)25)13-19-21(14)27-20(26-19)7-6-15-8-10-28-11-9-15;/h2-7,12-13,15H,8-11H2,1H3,(H,26,27);1H/b7-6+;. The van der Waals surface area contributed by atoms with Crippen molar-refractivity contribution in [1.29, 1.82) is 0 Å². The normalized spacial score (nSPS) is 15.7. The van der Waals surface area contributed by atoms with E-state index < -0.39 is 11.7 Å². The number of aryl methyl sites for hydroxylation is 1. The van der Waals surface area contributed by atoms with Crippen LogP contribution in [0.1, 0.15) is 29.8 Å². The zero-order valence-electron chi connectivity index (χ0n) is 15.9. The van der Waals surface area contributed by atoms with Gasteiger partial charge in [-0.1, -0.05) is 24.3 Å². The van der Waals surface area contributed by atoms with Gasteiger partial charge in [-0.15, -0.1) is 12.4 Å². The maximum atomic E-state index is 13.4. The van der Waals surface area contributed by atoms with Crippen LogP contribution in [0.5, 0.6) is 0 Å². The molecule has 3 nitrogen and oxygen atoms in total. The van der Waals surface area contributed by atoms with Gasteiger partial charge < -0.3 is 9.72 Å². The van der Waals surface area contributed by atoms with Gasteiger partial charge in [0.2, 0.25) is 0 Å². The van der Waals surface area contributed by atoms with E-state index in [1.54, 1.807) is 18.2 Å². The zero-order valence-corrected chi connectivity index (χ0v) is 16.7. The van der Waals surface area contributed by atoms with Crippen LogP contribution in [0.25, 0.3) is 28.2 Å². The van der Waals surface area contributed by atoms with Gasteiger partial charge in [-0.3, -0.25) is 0 Å². The van der Waals surface area contributed by atoms with Crippen LogP contribution in [0.3, 0.4) is 0 Å². The second-order valence-corrected chi connectivity index (χ2v) is 7.16. The van der Waals surface area contributed by atoms with E-state index in [1.807, 2.05) is 13.0 Å². The van der Waals surface area contributed by atoms with Crippen LogP contribution in [-0.2, 0) is 10.9 Å². The average molecular weight is 423 g/mol. The molecule has 0 atom stereocenters. The van der Waals surface area contributed by atoms with Crippen LogP contribution in [0.4, 0.5) is 13.2 Å². The topological polar surface area (TPSA) is 37.9 Å². The lowest BCUT2D eigenvalue weighted by atomic mass is 9.97. The highest BCUT2D eigenvalue weighted by atomic mass is 35.5. The SMILES string of the molecule is Cc1cc(-c2ccccc2C(F)(F)F)cc2nc(/C=C/C3CCOCC3)[nH]c12.Cl. The minimum Gasteiger partial charge on any atom is -0.381 e. The van der Waals surface area contributed by atoms with Gasteiger partial charge >= 0.3 is 6.18 Å². The van der Waals surface area contributed by atoms with Crippen molar-refractivity contribution in [3.05, 3.63) is 59.4 Å². The fourth-order valence-electron chi connectivity index (χ4n) is 3.66. The minimum absolute atomic E-state index is 0. The molecule has 154 valence electrons. The van der Waals surface area contributed by atoms with E-state index in [0.29, 0.717) is 22.8 Å². The van der Waals surface area contributed by atoms with Crippen LogP contribution in [-0.4, -0.2) is 23.2 Å². The van der Waals surface area contributed by atoms with Crippen molar-refractivity contribution < 1.29 is 17.9 Å². The van der Waals surface area contributed by atoms with Gasteiger partial charge in [0.15, 0.2) is 0 Å². The molecule has 1 saturated heterocycles. The van der Waals surface area contributed by atoms with E-state index in [1.165, 1.54) is 12.1 Å². The number of aromatic amines is 1. The Bertz CT molecular complexity index is 1020. The molecule has 2 aromatic carbocycles. The number of fused-ring (bicyclic) bond motifs is 1. The smallest absolute Gasteiger partial charge is 0.381 e. The average Bonchev–Trinajstić information content (AvgIpc) is 3.10. The molecule has 29 heavy (non-hydrogen) atoms. The van der Waals surface area contributed by atoms with Crippen LogP contribution < -0.4 is 0 Å². The lowest BCUT2D eigenvalue weighted by Gasteiger charge is -2.18. The van der Waals surface area contributed by atoms with Crippen molar-refractivity contribution in [2.24, 2.45) is 5.92 Å². The van der Waals surface area contributed by atoms with Crippen LogP contribution >= 0.6 is 12.4 Å². The van der Waals surface area contributed by atoms with E-state index in [9.17, 15) is 13.2 Å². The molecule has 0 aliphatic carbocycles. The quantitative estimate of drug-likeness (QED) is 0.529. The minimum atomic E-state index is -4.40. The molecule has 0 bridgehead atoms. The maximum Gasteiger partial charge on any atom is 0.417 e. The second kappa shape index (κ2) is 8.59. The third-order valence-electron chi connectivity index (χ3n) is 5.14. The van der Waals surface area contributed by atoms with Gasteiger partial charge in [0.1, 0.15) is 5.82 Å². The van der Waals surface area contributed by atoms with Crippen molar-refractivity contribution in [3.8, 4) is 11.1 Å². The number of hydrogen-bond acceptors (Lipinski definition) is 2. The van der Waals surface area contributed by atoms with E-state index in [0.717, 1.165) is 43.2 Å². The van der Waals surface area contributed by atoms with Gasteiger partial charge in [0.25, 0.3) is 0 Å². The third-order valence-corrected chi connectivity index (χ3v) is 5.14. The zero-order chi connectivity index (χ0) is 19.7. The van der Waals surface area contributed by atoms with Gasteiger partial charge in [-0.25, -0.2) is 4.98 Å². The van der Waals surface area contributed by atoms with Crippen molar-refractivity contribution >= 4 is 29.5 Å². The summed E-state index contributed by atoms with van der Waals surface area (Å²) in [5.74, 6) is 1.18. The van der Waals surface area contributed by atoms with Crippen LogP contribution in [0, 0.1) is 12.8 Å². The van der Waals surface area contributed by atoms with E-state index in [-0.39, 0.29) is 18.0 Å². The van der Waals surface area contributed by atoms with Gasteiger partial charge in [-0.05, 0) is 66.6 Å². The maximum absolute atomic E-state index is 13.4. The molecular formula is C22H22ClF3N2O. The Balaban J connectivity index is 0.00000240. The molecule has 4 rings (SSSR count). The highest BCUT2D eigenvalue weighted by molar-refractivity contribution is 5.86. The largest absolute Gasteiger partial charge is 0.417 e. The van der Waals surface area contributed by atoms with Crippen molar-refractivity contribution in [3.63, 3.8) is 0 Å². The van der Waals surface area contributed by atoms with E-state index >= 15 is 0 Å². The summed E-state index contributed by atoms with van der Waals surface area (Å²) in [5.41, 5.74) is 2.43. The summed E-state index contributed by atoms with van der Waals surface area (Å²) in [5, 5.41) is 0. The molecule has 2 heterocycles. The highest BCUT2D eigenvalue weighted by Crippen LogP contribution is 2.38. The summed E-state index contributed by atoms with van der Waals surface area (Å²) in [6.45, 7) is 3.43. The van der Waals surface area contributed by atoms with E-state index in [4.69, 9.17) is 4.74 Å². The molecule has 0 saturated carbocycles. The first-order valence-corrected chi connectivity index (χ1v) is 9.35. The molecule has 0 radical (unpaired) electrons. The van der Waals surface area contributed by atoms with Crippen molar-refractivity contribution in [2.75, 3.05) is 13.2 Å². The number of hydrogen-bond donors (Lipinski definition) is 1. The number of rotatable bonds is 3. The molecule has 1 fully saturated rings. The lowest BCUT2D eigenvalue weighted by molar-refractivity contribution is -0.137. The third kappa shape index (κ3) is 4.65. The van der Waals surface area contributed by atoms with Gasteiger partial charge in [-0.2, -0.15) is 13.2 Å². The Kier molecular flexibility index (Phi) is 6.34. The first kappa shape index (κ1) is 21.4. The molecule has 0 unspecified atom stereocenters. The Morgan fingerprint density at radius 2 is 1.86 bits per heavy atom. The number of aromatic nitrogens is 2. The molecule has 0 spiro atoms. The number of H-pyrrole nitrogens is 1. The number of ether oxygens (including phenoxy) is 1. The summed E-state index contributed by atoms with van der Waals surface area (Å²) in [6.07, 6.45) is 1.68. The van der Waals surface area contributed by atoms with Crippen LogP contribution in [0.15, 0.2) is 42.5 Å². The van der Waals surface area contributed by atoms with Crippen LogP contribution in [0.2, 0.25) is 0 Å². The van der Waals surface area contributed by atoms with E-state index in [2.05, 4.69) is 16.0 Å². The van der Waals surface area contributed by atoms with Gasteiger partial charge in [0.05, 0.1) is 16.6 Å². The number of nitrogens with one attached hydrogen (secondary N) is 1. The molecule has 1 aliphatic rings. The fourth-order valence-corrected chi connectivity index (χ4v) is 3.66. The second-order valence-electron chi connectivity index (χ2n) is 7.16. The first-order chi connectivity index (χ1) is 13.4. The first-order valence-electron chi connectivity index (χ1n) is 9.35. The molecule has 1 aromatic heterocycles. The predicted molar refractivity (Wildman–Crippen MR) is 111 cm³/mol. The summed E-state index contributed by atoms with van der Waals surface area (Å²) in [6, 6.07) is 9.14. The fraction of sp³-hybridized carbons (Fsp3) is 0.318. The molecule has 0 amide bonds. The number of imidazole rings is 1. The lowest BCUT2D eigenvalue weighted by Crippen LogP contribution is -2.13. The Morgan fingerprint density at radius 3 is 2.59 bits per heavy atom. The Labute approximate surface area is 173 Å². The summed E-state index contributed by atoms with van der Waals surface area (Å²) in [4.78, 5) is 7.86. The predicted octanol–water partition coefficient (Wildman–Crippen LogP) is 6.42. The Morgan fingerprint density at radius 1 is 1.14 bits per heavy atom. The summed E-state index contributed by atoms with van der Waals surface area (Å²) >= 11 is 0. The number of allylic oxidation sites excluding steroid dienone is 1. The van der Waals surface area contributed by atoms with Gasteiger partial charge in [0, 0.05) is 13.2 Å². The number of halogens is 4. The monoisotopic (exact) mass is 422 g/mol. The number of nitrogens with zero attached hydrogens (tertiary/aromatic N) is 1. The summed E-state index contributed by atoms with van der Waals surface area (Å²) in [7, 11) is 0. The molecule has 7 heteroatoms. The molecular weight excluding hydrogens is 401 g/mol. The molecule has 1 aliphatic heterocycles. The highest BCUT2D eigenvalue weighted by Gasteiger charge is 2.33.